The molecule has 7 heteroatoms. The second-order valence-corrected chi connectivity index (χ2v) is 3.34. The van der Waals surface area contributed by atoms with Crippen molar-refractivity contribution in [3.8, 4) is 0 Å². The molecule has 0 aliphatic carbocycles. The molecular weight excluding hydrogens is 210 g/mol. The van der Waals surface area contributed by atoms with Crippen molar-refractivity contribution >= 4 is 5.82 Å². The topological polar surface area (TPSA) is 110 Å². The SMILES string of the molecule is Nc1cc(=O)[nH]c(=O)n1CCc1cnc[nH]1. The minimum absolute atomic E-state index is 0.160. The van der Waals surface area contributed by atoms with Crippen molar-refractivity contribution in [3.63, 3.8) is 0 Å². The maximum absolute atomic E-state index is 11.4. The number of nitrogens with one attached hydrogen (secondary N) is 2. The molecule has 0 aromatic carbocycles. The predicted molar refractivity (Wildman–Crippen MR) is 58.0 cm³/mol. The van der Waals surface area contributed by atoms with Gasteiger partial charge in [-0.05, 0) is 0 Å². The van der Waals surface area contributed by atoms with Crippen LogP contribution in [0.15, 0.2) is 28.2 Å². The summed E-state index contributed by atoms with van der Waals surface area (Å²) in [6, 6.07) is 1.19. The number of hydrogen-bond donors (Lipinski definition) is 3. The molecule has 4 N–H and O–H groups in total. The average molecular weight is 221 g/mol. The molecule has 7 nitrogen and oxygen atoms in total. The van der Waals surface area contributed by atoms with Crippen LogP contribution in [0.1, 0.15) is 5.69 Å². The summed E-state index contributed by atoms with van der Waals surface area (Å²) in [4.78, 5) is 31.3. The minimum atomic E-state index is -0.496. The van der Waals surface area contributed by atoms with Gasteiger partial charge in [0.15, 0.2) is 0 Å². The van der Waals surface area contributed by atoms with Crippen LogP contribution in [0.3, 0.4) is 0 Å². The zero-order valence-electron chi connectivity index (χ0n) is 8.43. The molecule has 84 valence electrons. The van der Waals surface area contributed by atoms with Crippen LogP contribution in [0.4, 0.5) is 5.82 Å². The first-order chi connectivity index (χ1) is 7.66. The molecule has 0 fully saturated rings. The molecule has 2 aromatic heterocycles. The second-order valence-electron chi connectivity index (χ2n) is 3.34. The highest BCUT2D eigenvalue weighted by atomic mass is 16.2. The van der Waals surface area contributed by atoms with E-state index in [1.807, 2.05) is 0 Å². The fraction of sp³-hybridized carbons (Fsp3) is 0.222. The molecule has 0 radical (unpaired) electrons. The second kappa shape index (κ2) is 4.05. The van der Waals surface area contributed by atoms with Crippen LogP contribution in [0.2, 0.25) is 0 Å². The van der Waals surface area contributed by atoms with Gasteiger partial charge in [0.2, 0.25) is 0 Å². The fourth-order valence-electron chi connectivity index (χ4n) is 1.42. The van der Waals surface area contributed by atoms with Crippen molar-refractivity contribution < 1.29 is 0 Å². The van der Waals surface area contributed by atoms with Crippen LogP contribution in [0.25, 0.3) is 0 Å². The van der Waals surface area contributed by atoms with Crippen LogP contribution < -0.4 is 17.0 Å². The van der Waals surface area contributed by atoms with E-state index < -0.39 is 11.2 Å². The first kappa shape index (κ1) is 10.2. The Morgan fingerprint density at radius 3 is 2.88 bits per heavy atom. The van der Waals surface area contributed by atoms with E-state index in [4.69, 9.17) is 5.73 Å². The molecule has 2 rings (SSSR count). The summed E-state index contributed by atoms with van der Waals surface area (Å²) in [6.07, 6.45) is 3.83. The van der Waals surface area contributed by atoms with Crippen molar-refractivity contribution in [3.05, 3.63) is 45.1 Å². The number of anilines is 1. The van der Waals surface area contributed by atoms with E-state index in [0.717, 1.165) is 5.69 Å². The Labute approximate surface area is 90.0 Å². The van der Waals surface area contributed by atoms with Crippen LogP contribution in [-0.4, -0.2) is 19.5 Å². The summed E-state index contributed by atoms with van der Waals surface area (Å²) < 4.78 is 1.31. The number of H-pyrrole nitrogens is 2. The lowest BCUT2D eigenvalue weighted by Crippen LogP contribution is -2.31. The van der Waals surface area contributed by atoms with Gasteiger partial charge in [-0.15, -0.1) is 0 Å². The largest absolute Gasteiger partial charge is 0.385 e. The van der Waals surface area contributed by atoms with Crippen molar-refractivity contribution in [2.75, 3.05) is 5.73 Å². The summed E-state index contributed by atoms with van der Waals surface area (Å²) in [5, 5.41) is 0. The van der Waals surface area contributed by atoms with Gasteiger partial charge in [-0.1, -0.05) is 0 Å². The summed E-state index contributed by atoms with van der Waals surface area (Å²) in [7, 11) is 0. The number of nitrogens with zero attached hydrogens (tertiary/aromatic N) is 2. The molecule has 0 atom stereocenters. The van der Waals surface area contributed by atoms with Crippen molar-refractivity contribution in [1.29, 1.82) is 0 Å². The third-order valence-corrected chi connectivity index (χ3v) is 2.23. The monoisotopic (exact) mass is 221 g/mol. The lowest BCUT2D eigenvalue weighted by atomic mass is 10.3. The zero-order valence-corrected chi connectivity index (χ0v) is 8.43. The van der Waals surface area contributed by atoms with Gasteiger partial charge in [0.25, 0.3) is 5.56 Å². The third kappa shape index (κ3) is 2.02. The molecule has 0 saturated carbocycles. The van der Waals surface area contributed by atoms with E-state index in [2.05, 4.69) is 15.0 Å². The van der Waals surface area contributed by atoms with Crippen molar-refractivity contribution in [2.24, 2.45) is 0 Å². The predicted octanol–water partition coefficient (Wildman–Crippen LogP) is -0.915. The Morgan fingerprint density at radius 1 is 1.44 bits per heavy atom. The van der Waals surface area contributed by atoms with E-state index in [1.165, 1.54) is 10.6 Å². The quantitative estimate of drug-likeness (QED) is 0.622. The number of nitrogen functional groups attached to an aromatic ring is 1. The molecule has 0 aliphatic heterocycles. The zero-order chi connectivity index (χ0) is 11.5. The summed E-state index contributed by atoms with van der Waals surface area (Å²) in [6.45, 7) is 0.393. The lowest BCUT2D eigenvalue weighted by molar-refractivity contribution is 0.649. The van der Waals surface area contributed by atoms with Crippen LogP contribution >= 0.6 is 0 Å². The Morgan fingerprint density at radius 2 is 2.25 bits per heavy atom. The van der Waals surface area contributed by atoms with Gasteiger partial charge in [0.05, 0.1) is 6.33 Å². The molecule has 0 bridgehead atoms. The van der Waals surface area contributed by atoms with Gasteiger partial charge >= 0.3 is 5.69 Å². The summed E-state index contributed by atoms with van der Waals surface area (Å²) in [5.74, 6) is 0.160. The van der Waals surface area contributed by atoms with Crippen LogP contribution in [0, 0.1) is 0 Å². The average Bonchev–Trinajstić information content (AvgIpc) is 2.68. The number of rotatable bonds is 3. The standard InChI is InChI=1S/C9H11N5O2/c10-7-3-8(15)13-9(16)14(7)2-1-6-4-11-5-12-6/h3-5H,1-2,10H2,(H,11,12)(H,13,15,16). The molecule has 2 aromatic rings. The molecule has 0 aliphatic rings. The number of aryl methyl sites for hydroxylation is 1. The molecule has 2 heterocycles. The first-order valence-electron chi connectivity index (χ1n) is 4.74. The van der Waals surface area contributed by atoms with E-state index in [0.29, 0.717) is 13.0 Å². The maximum Gasteiger partial charge on any atom is 0.329 e. The molecule has 0 amide bonds. The van der Waals surface area contributed by atoms with Crippen LogP contribution in [-0.2, 0) is 13.0 Å². The number of hydrogen-bond acceptors (Lipinski definition) is 4. The van der Waals surface area contributed by atoms with Gasteiger partial charge in [0, 0.05) is 30.9 Å². The van der Waals surface area contributed by atoms with E-state index in [9.17, 15) is 9.59 Å². The normalized spacial score (nSPS) is 10.5. The Hall–Kier alpha value is -2.31. The fourth-order valence-corrected chi connectivity index (χ4v) is 1.42. The van der Waals surface area contributed by atoms with Gasteiger partial charge in [-0.2, -0.15) is 0 Å². The molecule has 0 unspecified atom stereocenters. The lowest BCUT2D eigenvalue weighted by Gasteiger charge is -2.06. The number of aromatic amines is 2. The van der Waals surface area contributed by atoms with Gasteiger partial charge in [-0.3, -0.25) is 14.3 Å². The van der Waals surface area contributed by atoms with Gasteiger partial charge in [-0.25, -0.2) is 9.78 Å². The van der Waals surface area contributed by atoms with E-state index >= 15 is 0 Å². The third-order valence-electron chi connectivity index (χ3n) is 2.23. The summed E-state index contributed by atoms with van der Waals surface area (Å²) in [5.41, 5.74) is 5.50. The van der Waals surface area contributed by atoms with E-state index in [1.54, 1.807) is 12.5 Å². The van der Waals surface area contributed by atoms with Crippen molar-refractivity contribution in [2.45, 2.75) is 13.0 Å². The Kier molecular flexibility index (Phi) is 2.59. The minimum Gasteiger partial charge on any atom is -0.385 e. The number of imidazole rings is 1. The highest BCUT2D eigenvalue weighted by Crippen LogP contribution is 1.98. The maximum atomic E-state index is 11.4. The number of nitrogens with two attached hydrogens (primary N) is 1. The van der Waals surface area contributed by atoms with Gasteiger partial charge in [0.1, 0.15) is 5.82 Å². The molecule has 0 saturated heterocycles. The Bertz CT molecular complexity index is 581. The number of aromatic nitrogens is 4. The smallest absolute Gasteiger partial charge is 0.329 e. The Balaban J connectivity index is 2.22. The molecule has 0 spiro atoms. The molecular formula is C9H11N5O2. The first-order valence-corrected chi connectivity index (χ1v) is 4.74. The highest BCUT2D eigenvalue weighted by Gasteiger charge is 2.03. The van der Waals surface area contributed by atoms with E-state index in [-0.39, 0.29) is 5.82 Å². The highest BCUT2D eigenvalue weighted by molar-refractivity contribution is 5.26. The van der Waals surface area contributed by atoms with Crippen molar-refractivity contribution in [1.82, 2.24) is 19.5 Å². The van der Waals surface area contributed by atoms with Crippen LogP contribution in [0.5, 0.6) is 0 Å². The summed E-state index contributed by atoms with van der Waals surface area (Å²) >= 11 is 0. The molecule has 16 heavy (non-hydrogen) atoms. The van der Waals surface area contributed by atoms with Gasteiger partial charge < -0.3 is 10.7 Å².